The van der Waals surface area contributed by atoms with Crippen LogP contribution in [0.2, 0.25) is 5.02 Å². The van der Waals surface area contributed by atoms with Crippen molar-refractivity contribution in [3.63, 3.8) is 0 Å². The Bertz CT molecular complexity index is 952. The van der Waals surface area contributed by atoms with Crippen LogP contribution in [0.1, 0.15) is 18.4 Å². The molecule has 0 aromatic heterocycles. The van der Waals surface area contributed by atoms with Gasteiger partial charge in [0.1, 0.15) is 0 Å². The van der Waals surface area contributed by atoms with Gasteiger partial charge in [-0.25, -0.2) is 17.2 Å². The van der Waals surface area contributed by atoms with Crippen molar-refractivity contribution in [2.75, 3.05) is 22.4 Å². The minimum atomic E-state index is -3.72. The average molecular weight is 417 g/mol. The number of halogens is 3. The summed E-state index contributed by atoms with van der Waals surface area (Å²) in [5.41, 5.74) is 1.42. The van der Waals surface area contributed by atoms with Crippen LogP contribution in [0.25, 0.3) is 0 Å². The fraction of sp³-hybridized carbons (Fsp3) is 0.278. The van der Waals surface area contributed by atoms with E-state index in [-0.39, 0.29) is 31.0 Å². The average Bonchev–Trinajstić information content (AvgIpc) is 2.56. The van der Waals surface area contributed by atoms with Crippen LogP contribution >= 0.6 is 11.6 Å². The van der Waals surface area contributed by atoms with Crippen LogP contribution in [0.3, 0.4) is 0 Å². The molecule has 0 saturated carbocycles. The minimum absolute atomic E-state index is 0.00496. The molecule has 0 bridgehead atoms. The minimum Gasteiger partial charge on any atom is -0.326 e. The monoisotopic (exact) mass is 416 g/mol. The Kier molecular flexibility index (Phi) is 6.78. The molecule has 146 valence electrons. The van der Waals surface area contributed by atoms with E-state index in [0.29, 0.717) is 10.7 Å². The fourth-order valence-electron chi connectivity index (χ4n) is 2.49. The highest BCUT2D eigenvalue weighted by Crippen LogP contribution is 2.22. The van der Waals surface area contributed by atoms with Gasteiger partial charge in [0.15, 0.2) is 11.6 Å². The number of amides is 1. The van der Waals surface area contributed by atoms with Crippen molar-refractivity contribution in [1.82, 2.24) is 0 Å². The third-order valence-electron chi connectivity index (χ3n) is 3.82. The first kappa shape index (κ1) is 21.1. The second-order valence-corrected chi connectivity index (χ2v) is 8.39. The van der Waals surface area contributed by atoms with E-state index in [1.807, 2.05) is 0 Å². The number of aryl methyl sites for hydroxylation is 1. The lowest BCUT2D eigenvalue weighted by molar-refractivity contribution is -0.116. The Morgan fingerprint density at radius 1 is 1.15 bits per heavy atom. The van der Waals surface area contributed by atoms with Crippen LogP contribution < -0.4 is 9.62 Å². The van der Waals surface area contributed by atoms with E-state index in [2.05, 4.69) is 5.32 Å². The fourth-order valence-corrected chi connectivity index (χ4v) is 3.67. The molecular formula is C18H19ClF2N2O3S. The number of hydrogen-bond acceptors (Lipinski definition) is 3. The highest BCUT2D eigenvalue weighted by Gasteiger charge is 2.19. The van der Waals surface area contributed by atoms with Gasteiger partial charge in [0.2, 0.25) is 15.9 Å². The third kappa shape index (κ3) is 5.90. The van der Waals surface area contributed by atoms with Crippen molar-refractivity contribution in [3.8, 4) is 0 Å². The molecule has 5 nitrogen and oxygen atoms in total. The maximum Gasteiger partial charge on any atom is 0.232 e. The molecular weight excluding hydrogens is 398 g/mol. The summed E-state index contributed by atoms with van der Waals surface area (Å²) in [5.74, 6) is -2.50. The van der Waals surface area contributed by atoms with Gasteiger partial charge in [-0.3, -0.25) is 9.10 Å². The smallest absolute Gasteiger partial charge is 0.232 e. The van der Waals surface area contributed by atoms with Gasteiger partial charge in [0.25, 0.3) is 0 Å². The van der Waals surface area contributed by atoms with Crippen LogP contribution in [0.5, 0.6) is 0 Å². The van der Waals surface area contributed by atoms with E-state index in [0.717, 1.165) is 28.3 Å². The molecule has 0 fully saturated rings. The number of hydrogen-bond donors (Lipinski definition) is 1. The largest absolute Gasteiger partial charge is 0.326 e. The van der Waals surface area contributed by atoms with Gasteiger partial charge >= 0.3 is 0 Å². The van der Waals surface area contributed by atoms with Gasteiger partial charge in [-0.05, 0) is 49.2 Å². The van der Waals surface area contributed by atoms with E-state index in [4.69, 9.17) is 11.6 Å². The number of sulfonamides is 1. The molecule has 0 radical (unpaired) electrons. The first-order valence-corrected chi connectivity index (χ1v) is 10.3. The molecule has 0 aliphatic rings. The van der Waals surface area contributed by atoms with Crippen LogP contribution in [0, 0.1) is 18.6 Å². The summed E-state index contributed by atoms with van der Waals surface area (Å²) in [5, 5.41) is 3.29. The standard InChI is InChI=1S/C18H19ClF2N2O3S/c1-12-10-13(19)5-8-17(12)22-18(24)4-3-9-23(27(2,25)26)14-6-7-15(20)16(21)11-14/h5-8,10-11H,3-4,9H2,1-2H3,(H,22,24). The molecule has 2 aromatic rings. The van der Waals surface area contributed by atoms with Crippen LogP contribution in [0.4, 0.5) is 20.2 Å². The van der Waals surface area contributed by atoms with Crippen LogP contribution in [-0.2, 0) is 14.8 Å². The van der Waals surface area contributed by atoms with E-state index >= 15 is 0 Å². The van der Waals surface area contributed by atoms with Crippen molar-refractivity contribution >= 4 is 38.9 Å². The number of anilines is 2. The zero-order valence-electron chi connectivity index (χ0n) is 14.8. The molecule has 0 heterocycles. The summed E-state index contributed by atoms with van der Waals surface area (Å²) in [7, 11) is -3.72. The Hall–Kier alpha value is -2.19. The van der Waals surface area contributed by atoms with Gasteiger partial charge in [-0.15, -0.1) is 0 Å². The van der Waals surface area contributed by atoms with E-state index in [9.17, 15) is 22.0 Å². The predicted octanol–water partition coefficient (Wildman–Crippen LogP) is 4.11. The number of nitrogens with zero attached hydrogens (tertiary/aromatic N) is 1. The summed E-state index contributed by atoms with van der Waals surface area (Å²) >= 11 is 5.87. The topological polar surface area (TPSA) is 66.5 Å². The van der Waals surface area contributed by atoms with Gasteiger partial charge in [-0.1, -0.05) is 11.6 Å². The summed E-state index contributed by atoms with van der Waals surface area (Å²) in [6, 6.07) is 7.90. The van der Waals surface area contributed by atoms with E-state index < -0.39 is 21.7 Å². The Morgan fingerprint density at radius 2 is 1.85 bits per heavy atom. The van der Waals surface area contributed by atoms with Crippen molar-refractivity contribution < 1.29 is 22.0 Å². The number of carbonyl (C=O) groups is 1. The summed E-state index contributed by atoms with van der Waals surface area (Å²) in [4.78, 5) is 12.1. The van der Waals surface area contributed by atoms with Crippen molar-refractivity contribution in [2.24, 2.45) is 0 Å². The zero-order chi connectivity index (χ0) is 20.2. The van der Waals surface area contributed by atoms with Crippen LogP contribution in [0.15, 0.2) is 36.4 Å². The molecule has 0 atom stereocenters. The first-order chi connectivity index (χ1) is 12.6. The van der Waals surface area contributed by atoms with Crippen LogP contribution in [-0.4, -0.2) is 27.1 Å². The summed E-state index contributed by atoms with van der Waals surface area (Å²) in [6.07, 6.45) is 1.22. The molecule has 0 aliphatic carbocycles. The highest BCUT2D eigenvalue weighted by atomic mass is 35.5. The molecule has 0 unspecified atom stereocenters. The molecule has 0 aliphatic heterocycles. The van der Waals surface area contributed by atoms with Crippen molar-refractivity contribution in [2.45, 2.75) is 19.8 Å². The maximum absolute atomic E-state index is 13.4. The molecule has 0 spiro atoms. The van der Waals surface area contributed by atoms with E-state index in [1.54, 1.807) is 25.1 Å². The number of carbonyl (C=O) groups excluding carboxylic acids is 1. The summed E-state index contributed by atoms with van der Waals surface area (Å²) in [6.45, 7) is 1.76. The second-order valence-electron chi connectivity index (χ2n) is 6.04. The number of rotatable bonds is 7. The zero-order valence-corrected chi connectivity index (χ0v) is 16.4. The normalized spacial score (nSPS) is 11.3. The molecule has 1 amide bonds. The SMILES string of the molecule is Cc1cc(Cl)ccc1NC(=O)CCCN(c1ccc(F)c(F)c1)S(C)(=O)=O. The molecule has 2 aromatic carbocycles. The second kappa shape index (κ2) is 8.67. The highest BCUT2D eigenvalue weighted by molar-refractivity contribution is 7.92. The summed E-state index contributed by atoms with van der Waals surface area (Å²) < 4.78 is 51.4. The lowest BCUT2D eigenvalue weighted by Gasteiger charge is -2.22. The molecule has 1 N–H and O–H groups in total. The Morgan fingerprint density at radius 3 is 2.44 bits per heavy atom. The molecule has 27 heavy (non-hydrogen) atoms. The molecule has 0 saturated heterocycles. The lowest BCUT2D eigenvalue weighted by atomic mass is 10.2. The van der Waals surface area contributed by atoms with Crippen molar-refractivity contribution in [1.29, 1.82) is 0 Å². The lowest BCUT2D eigenvalue weighted by Crippen LogP contribution is -2.31. The predicted molar refractivity (Wildman–Crippen MR) is 103 cm³/mol. The molecule has 2 rings (SSSR count). The first-order valence-electron chi connectivity index (χ1n) is 8.06. The Balaban J connectivity index is 2.01. The maximum atomic E-state index is 13.4. The number of nitrogens with one attached hydrogen (secondary N) is 1. The Labute approximate surface area is 162 Å². The third-order valence-corrected chi connectivity index (χ3v) is 5.25. The quantitative estimate of drug-likeness (QED) is 0.738. The van der Waals surface area contributed by atoms with E-state index in [1.165, 1.54) is 6.07 Å². The van der Waals surface area contributed by atoms with Gasteiger partial charge in [0.05, 0.1) is 11.9 Å². The van der Waals surface area contributed by atoms with Gasteiger partial charge in [0, 0.05) is 29.7 Å². The molecule has 9 heteroatoms. The van der Waals surface area contributed by atoms with Gasteiger partial charge < -0.3 is 5.32 Å². The number of benzene rings is 2. The van der Waals surface area contributed by atoms with Crippen molar-refractivity contribution in [3.05, 3.63) is 58.6 Å². The van der Waals surface area contributed by atoms with Gasteiger partial charge in [-0.2, -0.15) is 0 Å².